The van der Waals surface area contributed by atoms with Crippen molar-refractivity contribution >= 4 is 5.69 Å². The van der Waals surface area contributed by atoms with E-state index in [0.717, 1.165) is 11.3 Å². The fourth-order valence-electron chi connectivity index (χ4n) is 1.44. The first kappa shape index (κ1) is 12.0. The van der Waals surface area contributed by atoms with Crippen LogP contribution in [-0.2, 0) is 5.54 Å². The zero-order chi connectivity index (χ0) is 11.5. The summed E-state index contributed by atoms with van der Waals surface area (Å²) in [5, 5.41) is 12.5. The number of anilines is 1. The summed E-state index contributed by atoms with van der Waals surface area (Å²) < 4.78 is 0. The number of rotatable bonds is 4. The van der Waals surface area contributed by atoms with Gasteiger partial charge in [0.2, 0.25) is 0 Å². The Morgan fingerprint density at radius 3 is 2.13 bits per heavy atom. The number of nitrogens with one attached hydrogen (secondary N) is 1. The van der Waals surface area contributed by atoms with Gasteiger partial charge in [0.05, 0.1) is 12.1 Å². The zero-order valence-electron chi connectivity index (χ0n) is 9.91. The van der Waals surface area contributed by atoms with Crippen LogP contribution in [0.1, 0.15) is 12.5 Å². The molecule has 0 saturated heterocycles. The Balaban J connectivity index is 2.97. The molecule has 3 heteroatoms. The molecule has 0 aliphatic carbocycles. The lowest BCUT2D eigenvalue weighted by Gasteiger charge is -2.28. The number of hydrogen-bond acceptors (Lipinski definition) is 3. The molecule has 15 heavy (non-hydrogen) atoms. The van der Waals surface area contributed by atoms with Crippen LogP contribution < -0.4 is 10.2 Å². The number of likely N-dealkylation sites (N-methyl/N-ethyl adjacent to an activating group) is 1. The van der Waals surface area contributed by atoms with Crippen molar-refractivity contribution in [2.75, 3.05) is 32.6 Å². The van der Waals surface area contributed by atoms with Crippen LogP contribution in [0.3, 0.4) is 0 Å². The van der Waals surface area contributed by atoms with Gasteiger partial charge < -0.3 is 15.3 Å². The van der Waals surface area contributed by atoms with Crippen molar-refractivity contribution in [1.29, 1.82) is 0 Å². The largest absolute Gasteiger partial charge is 0.394 e. The van der Waals surface area contributed by atoms with Crippen LogP contribution in [0, 0.1) is 0 Å². The second-order valence-electron chi connectivity index (χ2n) is 4.18. The van der Waals surface area contributed by atoms with E-state index in [4.69, 9.17) is 0 Å². The average Bonchev–Trinajstić information content (AvgIpc) is 2.28. The van der Waals surface area contributed by atoms with Gasteiger partial charge in [0.15, 0.2) is 0 Å². The maximum atomic E-state index is 9.34. The third-order valence-corrected chi connectivity index (χ3v) is 2.89. The lowest BCUT2D eigenvalue weighted by Crippen LogP contribution is -2.40. The SMILES string of the molecule is CNC(C)(CO)c1ccc(N(C)C)cc1. The maximum absolute atomic E-state index is 9.34. The summed E-state index contributed by atoms with van der Waals surface area (Å²) in [6, 6.07) is 8.20. The lowest BCUT2D eigenvalue weighted by molar-refractivity contribution is 0.183. The molecular formula is C12H20N2O. The molecule has 0 aliphatic heterocycles. The molecule has 84 valence electrons. The molecule has 0 spiro atoms. The molecule has 1 aromatic rings. The van der Waals surface area contributed by atoms with E-state index in [2.05, 4.69) is 22.3 Å². The summed E-state index contributed by atoms with van der Waals surface area (Å²) in [7, 11) is 5.88. The van der Waals surface area contributed by atoms with E-state index in [1.54, 1.807) is 0 Å². The summed E-state index contributed by atoms with van der Waals surface area (Å²) in [5.74, 6) is 0. The molecule has 0 aromatic heterocycles. The van der Waals surface area contributed by atoms with E-state index in [0.29, 0.717) is 0 Å². The summed E-state index contributed by atoms with van der Waals surface area (Å²) in [4.78, 5) is 2.06. The van der Waals surface area contributed by atoms with Crippen molar-refractivity contribution in [3.63, 3.8) is 0 Å². The van der Waals surface area contributed by atoms with Gasteiger partial charge in [0.1, 0.15) is 0 Å². The molecule has 0 heterocycles. The fraction of sp³-hybridized carbons (Fsp3) is 0.500. The Morgan fingerprint density at radius 2 is 1.80 bits per heavy atom. The van der Waals surface area contributed by atoms with Crippen molar-refractivity contribution in [3.8, 4) is 0 Å². The fourth-order valence-corrected chi connectivity index (χ4v) is 1.44. The second kappa shape index (κ2) is 4.64. The molecule has 0 amide bonds. The average molecular weight is 208 g/mol. The van der Waals surface area contributed by atoms with E-state index in [1.165, 1.54) is 0 Å². The van der Waals surface area contributed by atoms with Crippen LogP contribution in [0.2, 0.25) is 0 Å². The number of nitrogens with zero attached hydrogens (tertiary/aromatic N) is 1. The molecule has 1 rings (SSSR count). The van der Waals surface area contributed by atoms with Gasteiger partial charge >= 0.3 is 0 Å². The van der Waals surface area contributed by atoms with Crippen molar-refractivity contribution in [3.05, 3.63) is 29.8 Å². The van der Waals surface area contributed by atoms with Crippen LogP contribution in [0.5, 0.6) is 0 Å². The van der Waals surface area contributed by atoms with E-state index < -0.39 is 0 Å². The first-order valence-corrected chi connectivity index (χ1v) is 5.11. The van der Waals surface area contributed by atoms with Gasteiger partial charge in [0.25, 0.3) is 0 Å². The second-order valence-corrected chi connectivity index (χ2v) is 4.18. The number of hydrogen-bond donors (Lipinski definition) is 2. The van der Waals surface area contributed by atoms with Crippen LogP contribution >= 0.6 is 0 Å². The van der Waals surface area contributed by atoms with Crippen LogP contribution in [0.15, 0.2) is 24.3 Å². The van der Waals surface area contributed by atoms with Gasteiger partial charge in [-0.3, -0.25) is 0 Å². The van der Waals surface area contributed by atoms with Gasteiger partial charge in [0, 0.05) is 19.8 Å². The minimum Gasteiger partial charge on any atom is -0.394 e. The molecule has 0 saturated carbocycles. The Bertz CT molecular complexity index is 302. The highest BCUT2D eigenvalue weighted by Crippen LogP contribution is 2.22. The zero-order valence-corrected chi connectivity index (χ0v) is 9.91. The third-order valence-electron chi connectivity index (χ3n) is 2.89. The van der Waals surface area contributed by atoms with Crippen LogP contribution in [0.25, 0.3) is 0 Å². The molecule has 1 aromatic carbocycles. The predicted octanol–water partition coefficient (Wildman–Crippen LogP) is 1.18. The van der Waals surface area contributed by atoms with Gasteiger partial charge in [-0.1, -0.05) is 12.1 Å². The molecule has 0 aliphatic rings. The molecular weight excluding hydrogens is 188 g/mol. The minimum atomic E-state index is -0.356. The van der Waals surface area contributed by atoms with Crippen LogP contribution in [-0.4, -0.2) is 32.9 Å². The standard InChI is InChI=1S/C12H20N2O/c1-12(9-15,13-2)10-5-7-11(8-6-10)14(3)4/h5-8,13,15H,9H2,1-4H3. The maximum Gasteiger partial charge on any atom is 0.0652 e. The van der Waals surface area contributed by atoms with E-state index >= 15 is 0 Å². The summed E-state index contributed by atoms with van der Waals surface area (Å²) >= 11 is 0. The van der Waals surface area contributed by atoms with Gasteiger partial charge in [-0.15, -0.1) is 0 Å². The van der Waals surface area contributed by atoms with E-state index in [1.807, 2.05) is 40.2 Å². The Labute approximate surface area is 91.7 Å². The molecule has 0 fully saturated rings. The molecule has 3 nitrogen and oxygen atoms in total. The van der Waals surface area contributed by atoms with E-state index in [9.17, 15) is 5.11 Å². The van der Waals surface area contributed by atoms with Gasteiger partial charge in [-0.2, -0.15) is 0 Å². The van der Waals surface area contributed by atoms with Crippen LogP contribution in [0.4, 0.5) is 5.69 Å². The number of aliphatic hydroxyl groups is 1. The summed E-state index contributed by atoms with van der Waals surface area (Å²) in [5.41, 5.74) is 1.90. The molecule has 2 N–H and O–H groups in total. The highest BCUT2D eigenvalue weighted by Gasteiger charge is 2.22. The molecule has 0 radical (unpaired) electrons. The third kappa shape index (κ3) is 2.49. The Hall–Kier alpha value is -1.06. The normalized spacial score (nSPS) is 14.7. The molecule has 0 bridgehead atoms. The quantitative estimate of drug-likeness (QED) is 0.780. The first-order chi connectivity index (χ1) is 7.03. The Morgan fingerprint density at radius 1 is 1.27 bits per heavy atom. The first-order valence-electron chi connectivity index (χ1n) is 5.11. The van der Waals surface area contributed by atoms with Gasteiger partial charge in [-0.05, 0) is 31.7 Å². The number of benzene rings is 1. The minimum absolute atomic E-state index is 0.0881. The molecule has 1 unspecified atom stereocenters. The highest BCUT2D eigenvalue weighted by atomic mass is 16.3. The predicted molar refractivity (Wildman–Crippen MR) is 64.3 cm³/mol. The van der Waals surface area contributed by atoms with Crippen molar-refractivity contribution in [2.45, 2.75) is 12.5 Å². The molecule has 1 atom stereocenters. The van der Waals surface area contributed by atoms with Gasteiger partial charge in [-0.25, -0.2) is 0 Å². The monoisotopic (exact) mass is 208 g/mol. The van der Waals surface area contributed by atoms with E-state index in [-0.39, 0.29) is 12.1 Å². The summed E-state index contributed by atoms with van der Waals surface area (Å²) in [6.45, 7) is 2.07. The Kier molecular flexibility index (Phi) is 3.72. The van der Waals surface area contributed by atoms with Crippen molar-refractivity contribution in [2.24, 2.45) is 0 Å². The highest BCUT2D eigenvalue weighted by molar-refractivity contribution is 5.47. The lowest BCUT2D eigenvalue weighted by atomic mass is 9.93. The smallest absolute Gasteiger partial charge is 0.0652 e. The topological polar surface area (TPSA) is 35.5 Å². The summed E-state index contributed by atoms with van der Waals surface area (Å²) in [6.07, 6.45) is 0. The number of aliphatic hydroxyl groups excluding tert-OH is 1. The van der Waals surface area contributed by atoms with Crippen molar-refractivity contribution in [1.82, 2.24) is 5.32 Å². The van der Waals surface area contributed by atoms with Crippen molar-refractivity contribution < 1.29 is 5.11 Å².